The molecule has 0 radical (unpaired) electrons. The van der Waals surface area contributed by atoms with Crippen molar-refractivity contribution in [1.82, 2.24) is 5.32 Å². The summed E-state index contributed by atoms with van der Waals surface area (Å²) in [5.41, 5.74) is 0.329. The Hall–Kier alpha value is -0.810. The molecule has 0 heterocycles. The molecule has 0 saturated heterocycles. The largest absolute Gasteiger partial charge is 0.494 e. The average molecular weight is 247 g/mol. The van der Waals surface area contributed by atoms with E-state index in [1.807, 2.05) is 6.26 Å². The molecule has 1 atom stereocenters. The number of methoxy groups -OCH3 is 1. The third-order valence-electron chi connectivity index (χ3n) is 2.33. The molecule has 1 rings (SSSR count). The Morgan fingerprint density at radius 1 is 1.38 bits per heavy atom. The first kappa shape index (κ1) is 13.3. The van der Waals surface area contributed by atoms with Crippen LogP contribution in [0.1, 0.15) is 11.6 Å². The molecule has 1 aromatic rings. The predicted molar refractivity (Wildman–Crippen MR) is 63.1 cm³/mol. The Labute approximate surface area is 98.4 Å². The lowest BCUT2D eigenvalue weighted by Crippen LogP contribution is -2.20. The minimum Gasteiger partial charge on any atom is -0.494 e. The first-order chi connectivity index (χ1) is 7.63. The molecule has 0 aromatic heterocycles. The Morgan fingerprint density at radius 3 is 2.56 bits per heavy atom. The van der Waals surface area contributed by atoms with Gasteiger partial charge in [-0.2, -0.15) is 11.8 Å². The first-order valence-corrected chi connectivity index (χ1v) is 6.22. The number of benzene rings is 1. The van der Waals surface area contributed by atoms with Gasteiger partial charge in [-0.15, -0.1) is 0 Å². The summed E-state index contributed by atoms with van der Waals surface area (Å²) in [5, 5.41) is 2.96. The van der Waals surface area contributed by atoms with Crippen molar-refractivity contribution in [3.8, 4) is 5.75 Å². The van der Waals surface area contributed by atoms with Crippen molar-refractivity contribution in [2.75, 3.05) is 26.2 Å². The maximum Gasteiger partial charge on any atom is 0.165 e. The standard InChI is InChI=1S/C11H15F2NOS/c1-14-10(6-16-3)7-4-9(13)11(15-2)5-8(7)12/h4-5,10,14H,6H2,1-3H3. The number of halogens is 2. The van der Waals surface area contributed by atoms with Crippen LogP contribution in [0.25, 0.3) is 0 Å². The first-order valence-electron chi connectivity index (χ1n) is 4.83. The van der Waals surface area contributed by atoms with Gasteiger partial charge in [0.25, 0.3) is 0 Å². The zero-order valence-corrected chi connectivity index (χ0v) is 10.3. The van der Waals surface area contributed by atoms with Crippen LogP contribution in [0, 0.1) is 11.6 Å². The van der Waals surface area contributed by atoms with Gasteiger partial charge in [0.05, 0.1) is 7.11 Å². The number of thioether (sulfide) groups is 1. The topological polar surface area (TPSA) is 21.3 Å². The highest BCUT2D eigenvalue weighted by Gasteiger charge is 2.17. The zero-order chi connectivity index (χ0) is 12.1. The Balaban J connectivity index is 3.08. The van der Waals surface area contributed by atoms with Crippen LogP contribution >= 0.6 is 11.8 Å². The molecule has 1 unspecified atom stereocenters. The molecule has 0 spiro atoms. The highest BCUT2D eigenvalue weighted by molar-refractivity contribution is 7.98. The molecule has 0 amide bonds. The molecule has 5 heteroatoms. The maximum absolute atomic E-state index is 13.7. The lowest BCUT2D eigenvalue weighted by molar-refractivity contribution is 0.380. The normalized spacial score (nSPS) is 12.6. The van der Waals surface area contributed by atoms with E-state index in [9.17, 15) is 8.78 Å². The van der Waals surface area contributed by atoms with Crippen LogP contribution in [-0.2, 0) is 0 Å². The van der Waals surface area contributed by atoms with Crippen LogP contribution in [0.2, 0.25) is 0 Å². The van der Waals surface area contributed by atoms with E-state index in [2.05, 4.69) is 5.32 Å². The summed E-state index contributed by atoms with van der Waals surface area (Å²) in [4.78, 5) is 0. The van der Waals surface area contributed by atoms with E-state index in [1.165, 1.54) is 13.2 Å². The quantitative estimate of drug-likeness (QED) is 0.864. The lowest BCUT2D eigenvalue weighted by atomic mass is 10.1. The van der Waals surface area contributed by atoms with Gasteiger partial charge in [0.2, 0.25) is 0 Å². The minimum absolute atomic E-state index is 0.0692. The number of rotatable bonds is 5. The van der Waals surface area contributed by atoms with Crippen molar-refractivity contribution in [3.63, 3.8) is 0 Å². The third-order valence-corrected chi connectivity index (χ3v) is 2.99. The molecule has 16 heavy (non-hydrogen) atoms. The number of ether oxygens (including phenoxy) is 1. The monoisotopic (exact) mass is 247 g/mol. The fourth-order valence-corrected chi connectivity index (χ4v) is 2.14. The van der Waals surface area contributed by atoms with Gasteiger partial charge in [-0.25, -0.2) is 8.78 Å². The molecule has 0 aliphatic heterocycles. The van der Waals surface area contributed by atoms with E-state index in [0.29, 0.717) is 11.3 Å². The van der Waals surface area contributed by atoms with Gasteiger partial charge >= 0.3 is 0 Å². The fourth-order valence-electron chi connectivity index (χ4n) is 1.46. The number of nitrogens with one attached hydrogen (secondary N) is 1. The van der Waals surface area contributed by atoms with Crippen LogP contribution in [0.5, 0.6) is 5.75 Å². The van der Waals surface area contributed by atoms with Gasteiger partial charge in [-0.1, -0.05) is 0 Å². The van der Waals surface area contributed by atoms with Gasteiger partial charge in [-0.05, 0) is 19.4 Å². The van der Waals surface area contributed by atoms with Crippen molar-refractivity contribution in [1.29, 1.82) is 0 Å². The van der Waals surface area contributed by atoms with Crippen LogP contribution < -0.4 is 10.1 Å². The van der Waals surface area contributed by atoms with Crippen molar-refractivity contribution >= 4 is 11.8 Å². The number of hydrogen-bond acceptors (Lipinski definition) is 3. The zero-order valence-electron chi connectivity index (χ0n) is 9.51. The maximum atomic E-state index is 13.7. The molecule has 0 fully saturated rings. The molecule has 90 valence electrons. The second-order valence-electron chi connectivity index (χ2n) is 3.30. The van der Waals surface area contributed by atoms with Crippen molar-refractivity contribution in [3.05, 3.63) is 29.3 Å². The van der Waals surface area contributed by atoms with E-state index in [-0.39, 0.29) is 11.8 Å². The van der Waals surface area contributed by atoms with E-state index in [1.54, 1.807) is 18.8 Å². The third kappa shape index (κ3) is 2.86. The molecule has 0 saturated carbocycles. The second-order valence-corrected chi connectivity index (χ2v) is 4.22. The lowest BCUT2D eigenvalue weighted by Gasteiger charge is -2.17. The van der Waals surface area contributed by atoms with Crippen molar-refractivity contribution < 1.29 is 13.5 Å². The van der Waals surface area contributed by atoms with Gasteiger partial charge in [-0.3, -0.25) is 0 Å². The Morgan fingerprint density at radius 2 is 2.06 bits per heavy atom. The summed E-state index contributed by atoms with van der Waals surface area (Å²) >= 11 is 1.57. The highest BCUT2D eigenvalue weighted by Crippen LogP contribution is 2.26. The average Bonchev–Trinajstić information content (AvgIpc) is 2.28. The summed E-state index contributed by atoms with van der Waals surface area (Å²) < 4.78 is 31.8. The van der Waals surface area contributed by atoms with Crippen molar-refractivity contribution in [2.24, 2.45) is 0 Å². The highest BCUT2D eigenvalue weighted by atomic mass is 32.2. The summed E-state index contributed by atoms with van der Waals surface area (Å²) in [6, 6.07) is 2.07. The summed E-state index contributed by atoms with van der Waals surface area (Å²) in [5.74, 6) is -0.383. The van der Waals surface area contributed by atoms with E-state index in [4.69, 9.17) is 4.74 Å². The molecule has 2 nitrogen and oxygen atoms in total. The van der Waals surface area contributed by atoms with Gasteiger partial charge in [0.1, 0.15) is 5.82 Å². The predicted octanol–water partition coefficient (Wildman–Crippen LogP) is 2.60. The number of hydrogen-bond donors (Lipinski definition) is 1. The molecule has 0 bridgehead atoms. The Bertz CT molecular complexity index is 360. The molecule has 0 aliphatic rings. The molecular formula is C11H15F2NOS. The van der Waals surface area contributed by atoms with Gasteiger partial charge in [0.15, 0.2) is 11.6 Å². The van der Waals surface area contributed by atoms with Crippen LogP contribution in [0.4, 0.5) is 8.78 Å². The molecule has 1 aromatic carbocycles. The van der Waals surface area contributed by atoms with Gasteiger partial charge < -0.3 is 10.1 Å². The summed E-state index contributed by atoms with van der Waals surface area (Å²) in [6.45, 7) is 0. The SMILES string of the molecule is CNC(CSC)c1cc(F)c(OC)cc1F. The smallest absolute Gasteiger partial charge is 0.165 e. The summed E-state index contributed by atoms with van der Waals surface area (Å²) in [7, 11) is 3.04. The van der Waals surface area contributed by atoms with E-state index < -0.39 is 11.6 Å². The minimum atomic E-state index is -0.541. The van der Waals surface area contributed by atoms with Crippen LogP contribution in [0.3, 0.4) is 0 Å². The van der Waals surface area contributed by atoms with E-state index in [0.717, 1.165) is 6.07 Å². The van der Waals surface area contributed by atoms with Gasteiger partial charge in [0, 0.05) is 23.4 Å². The Kier molecular flexibility index (Phi) is 5.02. The van der Waals surface area contributed by atoms with Crippen LogP contribution in [-0.4, -0.2) is 26.2 Å². The van der Waals surface area contributed by atoms with Crippen molar-refractivity contribution in [2.45, 2.75) is 6.04 Å². The fraction of sp³-hybridized carbons (Fsp3) is 0.455. The summed E-state index contributed by atoms with van der Waals surface area (Å²) in [6.07, 6.45) is 1.92. The molecule has 0 aliphatic carbocycles. The molecular weight excluding hydrogens is 232 g/mol. The molecule has 1 N–H and O–H groups in total. The van der Waals surface area contributed by atoms with E-state index >= 15 is 0 Å². The second kappa shape index (κ2) is 6.06. The van der Waals surface area contributed by atoms with Crippen LogP contribution in [0.15, 0.2) is 12.1 Å².